The first-order chi connectivity index (χ1) is 9.79. The Bertz CT molecular complexity index is 500. The fraction of sp³-hybridized carbons (Fsp3) is 0.500. The topological polar surface area (TPSA) is 75.4 Å². The van der Waals surface area contributed by atoms with Gasteiger partial charge in [0.25, 0.3) is 0 Å². The molecule has 1 aromatic rings. The molecule has 0 bridgehead atoms. The summed E-state index contributed by atoms with van der Waals surface area (Å²) < 4.78 is 0. The molecule has 21 heavy (non-hydrogen) atoms. The van der Waals surface area contributed by atoms with Gasteiger partial charge in [-0.05, 0) is 23.6 Å². The summed E-state index contributed by atoms with van der Waals surface area (Å²) in [5.41, 5.74) is 7.59. The number of benzene rings is 1. The van der Waals surface area contributed by atoms with Crippen LogP contribution in [0.5, 0.6) is 0 Å². The van der Waals surface area contributed by atoms with Crippen molar-refractivity contribution in [3.63, 3.8) is 0 Å². The summed E-state index contributed by atoms with van der Waals surface area (Å²) in [6.07, 6.45) is 0.301. The predicted octanol–water partition coefficient (Wildman–Crippen LogP) is 1.98. The largest absolute Gasteiger partial charge is 0.342 e. The van der Waals surface area contributed by atoms with Crippen molar-refractivity contribution in [1.82, 2.24) is 4.90 Å². The maximum Gasteiger partial charge on any atom is 0.225 e. The normalized spacial score (nSPS) is 12.1. The van der Waals surface area contributed by atoms with Crippen LogP contribution in [0, 0.1) is 5.92 Å². The minimum Gasteiger partial charge on any atom is -0.342 e. The molecule has 0 saturated heterocycles. The average Bonchev–Trinajstić information content (AvgIpc) is 2.38. The van der Waals surface area contributed by atoms with Gasteiger partial charge in [-0.25, -0.2) is 0 Å². The Labute approximate surface area is 126 Å². The van der Waals surface area contributed by atoms with E-state index in [1.165, 1.54) is 6.92 Å². The summed E-state index contributed by atoms with van der Waals surface area (Å²) in [6, 6.07) is 7.35. The van der Waals surface area contributed by atoms with Crippen LogP contribution in [0.2, 0.25) is 0 Å². The molecule has 0 saturated carbocycles. The van der Waals surface area contributed by atoms with Crippen LogP contribution in [0.4, 0.5) is 5.69 Å². The Kier molecular flexibility index (Phi) is 6.37. The van der Waals surface area contributed by atoms with Crippen LogP contribution < -0.4 is 11.1 Å². The quantitative estimate of drug-likeness (QED) is 0.841. The van der Waals surface area contributed by atoms with E-state index in [1.807, 2.05) is 38.1 Å². The molecule has 0 radical (unpaired) electrons. The third-order valence-corrected chi connectivity index (χ3v) is 3.45. The summed E-state index contributed by atoms with van der Waals surface area (Å²) in [5.74, 6) is 0.187. The van der Waals surface area contributed by atoms with Gasteiger partial charge in [0.05, 0.1) is 0 Å². The second kappa shape index (κ2) is 7.78. The molecule has 5 nitrogen and oxygen atoms in total. The first-order valence-corrected chi connectivity index (χ1v) is 7.15. The second-order valence-electron chi connectivity index (χ2n) is 5.74. The van der Waals surface area contributed by atoms with Gasteiger partial charge in [0.1, 0.15) is 0 Å². The number of hydrogen-bond donors (Lipinski definition) is 2. The number of amides is 2. The zero-order chi connectivity index (χ0) is 16.0. The summed E-state index contributed by atoms with van der Waals surface area (Å²) in [5, 5.41) is 2.85. The van der Waals surface area contributed by atoms with Gasteiger partial charge in [-0.2, -0.15) is 0 Å². The smallest absolute Gasteiger partial charge is 0.225 e. The molecule has 1 atom stereocenters. The standard InChI is InChI=1S/C16H25N3O2/c1-11(2)15(17)9-16(21)18-14-7-5-6-13(8-14)10-19(4)12(3)20/h5-8,11,15H,9-10,17H2,1-4H3,(H,18,21). The van der Waals surface area contributed by atoms with Crippen molar-refractivity contribution >= 4 is 17.5 Å². The molecule has 0 heterocycles. The zero-order valence-corrected chi connectivity index (χ0v) is 13.2. The number of anilines is 1. The van der Waals surface area contributed by atoms with E-state index in [-0.39, 0.29) is 23.8 Å². The molecule has 1 unspecified atom stereocenters. The monoisotopic (exact) mass is 291 g/mol. The third kappa shape index (κ3) is 5.95. The molecule has 2 amide bonds. The highest BCUT2D eigenvalue weighted by atomic mass is 16.2. The maximum absolute atomic E-state index is 11.9. The Morgan fingerprint density at radius 2 is 2.00 bits per heavy atom. The zero-order valence-electron chi connectivity index (χ0n) is 13.2. The number of nitrogens with zero attached hydrogens (tertiary/aromatic N) is 1. The predicted molar refractivity (Wildman–Crippen MR) is 84.7 cm³/mol. The van der Waals surface area contributed by atoms with Crippen molar-refractivity contribution in [2.45, 2.75) is 39.8 Å². The van der Waals surface area contributed by atoms with Crippen LogP contribution in [0.15, 0.2) is 24.3 Å². The van der Waals surface area contributed by atoms with Crippen molar-refractivity contribution in [2.24, 2.45) is 11.7 Å². The molecule has 1 rings (SSSR count). The van der Waals surface area contributed by atoms with E-state index >= 15 is 0 Å². The highest BCUT2D eigenvalue weighted by molar-refractivity contribution is 5.91. The Morgan fingerprint density at radius 3 is 2.57 bits per heavy atom. The van der Waals surface area contributed by atoms with Gasteiger partial charge in [0, 0.05) is 38.7 Å². The van der Waals surface area contributed by atoms with Crippen molar-refractivity contribution in [3.05, 3.63) is 29.8 Å². The van der Waals surface area contributed by atoms with E-state index in [0.717, 1.165) is 11.3 Å². The first-order valence-electron chi connectivity index (χ1n) is 7.15. The maximum atomic E-state index is 11.9. The highest BCUT2D eigenvalue weighted by Gasteiger charge is 2.13. The van der Waals surface area contributed by atoms with Gasteiger partial charge >= 0.3 is 0 Å². The van der Waals surface area contributed by atoms with Crippen molar-refractivity contribution in [3.8, 4) is 0 Å². The third-order valence-electron chi connectivity index (χ3n) is 3.45. The molecule has 0 aromatic heterocycles. The van der Waals surface area contributed by atoms with E-state index in [1.54, 1.807) is 11.9 Å². The van der Waals surface area contributed by atoms with Crippen LogP contribution in [-0.2, 0) is 16.1 Å². The molecule has 5 heteroatoms. The number of nitrogens with two attached hydrogens (primary N) is 1. The van der Waals surface area contributed by atoms with E-state index < -0.39 is 0 Å². The molecule has 1 aromatic carbocycles. The number of carbonyl (C=O) groups is 2. The summed E-state index contributed by atoms with van der Waals surface area (Å²) in [4.78, 5) is 24.8. The second-order valence-corrected chi connectivity index (χ2v) is 5.74. The SMILES string of the molecule is CC(=O)N(C)Cc1cccc(NC(=O)CC(N)C(C)C)c1. The van der Waals surface area contributed by atoms with Gasteiger partial charge in [-0.1, -0.05) is 26.0 Å². The van der Waals surface area contributed by atoms with Crippen molar-refractivity contribution in [2.75, 3.05) is 12.4 Å². The van der Waals surface area contributed by atoms with Gasteiger partial charge in [-0.15, -0.1) is 0 Å². The molecule has 3 N–H and O–H groups in total. The Hall–Kier alpha value is -1.88. The average molecular weight is 291 g/mol. The van der Waals surface area contributed by atoms with Gasteiger partial charge in [0.2, 0.25) is 11.8 Å². The number of rotatable bonds is 6. The molecule has 0 aliphatic carbocycles. The van der Waals surface area contributed by atoms with Gasteiger partial charge in [-0.3, -0.25) is 9.59 Å². The Balaban J connectivity index is 2.64. The fourth-order valence-corrected chi connectivity index (χ4v) is 1.79. The summed E-state index contributed by atoms with van der Waals surface area (Å²) >= 11 is 0. The Morgan fingerprint density at radius 1 is 1.33 bits per heavy atom. The van der Waals surface area contributed by atoms with Crippen LogP contribution in [-0.4, -0.2) is 29.8 Å². The molecule has 0 aliphatic rings. The minimum atomic E-state index is -0.142. The lowest BCUT2D eigenvalue weighted by Crippen LogP contribution is -2.31. The summed E-state index contributed by atoms with van der Waals surface area (Å²) in [7, 11) is 1.75. The van der Waals surface area contributed by atoms with E-state index in [2.05, 4.69) is 5.32 Å². The number of hydrogen-bond acceptors (Lipinski definition) is 3. The lowest BCUT2D eigenvalue weighted by molar-refractivity contribution is -0.128. The molecule has 116 valence electrons. The van der Waals surface area contributed by atoms with Gasteiger partial charge in [0.15, 0.2) is 0 Å². The minimum absolute atomic E-state index is 0.00680. The molecular formula is C16H25N3O2. The molecule has 0 fully saturated rings. The first kappa shape index (κ1) is 17.2. The van der Waals surface area contributed by atoms with Crippen LogP contribution >= 0.6 is 0 Å². The highest BCUT2D eigenvalue weighted by Crippen LogP contribution is 2.13. The molecule has 0 spiro atoms. The van der Waals surface area contributed by atoms with Crippen molar-refractivity contribution in [1.29, 1.82) is 0 Å². The number of carbonyl (C=O) groups excluding carboxylic acids is 2. The van der Waals surface area contributed by atoms with Crippen LogP contribution in [0.25, 0.3) is 0 Å². The van der Waals surface area contributed by atoms with Crippen LogP contribution in [0.3, 0.4) is 0 Å². The van der Waals surface area contributed by atoms with Crippen LogP contribution in [0.1, 0.15) is 32.8 Å². The van der Waals surface area contributed by atoms with E-state index in [4.69, 9.17) is 5.73 Å². The van der Waals surface area contributed by atoms with E-state index in [0.29, 0.717) is 13.0 Å². The van der Waals surface area contributed by atoms with Crippen molar-refractivity contribution < 1.29 is 9.59 Å². The molecular weight excluding hydrogens is 266 g/mol. The van der Waals surface area contributed by atoms with E-state index in [9.17, 15) is 9.59 Å². The fourth-order valence-electron chi connectivity index (χ4n) is 1.79. The summed E-state index contributed by atoms with van der Waals surface area (Å²) in [6.45, 7) is 6.04. The van der Waals surface area contributed by atoms with Gasteiger partial charge < -0.3 is 16.0 Å². The molecule has 0 aliphatic heterocycles. The lowest BCUT2D eigenvalue weighted by Gasteiger charge is -2.17. The number of nitrogens with one attached hydrogen (secondary N) is 1. The lowest BCUT2D eigenvalue weighted by atomic mass is 10.0.